The summed E-state index contributed by atoms with van der Waals surface area (Å²) in [7, 11) is 3.94. The van der Waals surface area contributed by atoms with Gasteiger partial charge >= 0.3 is 5.97 Å². The van der Waals surface area contributed by atoms with Crippen molar-refractivity contribution >= 4 is 40.7 Å². The standard InChI is InChI=1S/C31H31ClN4O3S/c1-7-39-30(38)27-19(3)33-31-36(28(27)21-8-12-24(13-9-21)34(5)6)29(37)26(40-31)17-22-16-18(2)35(20(22)4)25-14-10-23(32)11-15-25/h8-17,28H,7H2,1-6H3. The number of carbonyl (C=O) groups excluding carboxylic acids is 1. The molecule has 1 unspecified atom stereocenters. The molecule has 7 nitrogen and oxygen atoms in total. The van der Waals surface area contributed by atoms with Crippen LogP contribution >= 0.6 is 22.9 Å². The Labute approximate surface area is 241 Å². The molecule has 0 N–H and O–H groups in total. The Morgan fingerprint density at radius 1 is 1.10 bits per heavy atom. The number of hydrogen-bond acceptors (Lipinski definition) is 6. The van der Waals surface area contributed by atoms with Gasteiger partial charge < -0.3 is 14.2 Å². The zero-order valence-corrected chi connectivity index (χ0v) is 24.9. The van der Waals surface area contributed by atoms with Gasteiger partial charge in [-0.25, -0.2) is 9.79 Å². The summed E-state index contributed by atoms with van der Waals surface area (Å²) in [4.78, 5) is 34.4. The number of rotatable bonds is 6. The molecule has 0 fully saturated rings. The van der Waals surface area contributed by atoms with Crippen LogP contribution in [0.5, 0.6) is 0 Å². The Morgan fingerprint density at radius 3 is 2.40 bits per heavy atom. The number of ether oxygens (including phenoxy) is 1. The molecule has 5 rings (SSSR count). The van der Waals surface area contributed by atoms with Crippen molar-refractivity contribution in [3.63, 3.8) is 0 Å². The second kappa shape index (κ2) is 10.9. The number of thiazole rings is 1. The summed E-state index contributed by atoms with van der Waals surface area (Å²) < 4.78 is 9.71. The number of halogens is 1. The van der Waals surface area contributed by atoms with Gasteiger partial charge in [0.05, 0.1) is 28.5 Å². The van der Waals surface area contributed by atoms with Gasteiger partial charge in [-0.15, -0.1) is 0 Å². The monoisotopic (exact) mass is 574 g/mol. The fraction of sp³-hybridized carbons (Fsp3) is 0.258. The Balaban J connectivity index is 1.67. The Hall–Kier alpha value is -3.88. The van der Waals surface area contributed by atoms with Gasteiger partial charge in [-0.05, 0) is 87.4 Å². The third-order valence-electron chi connectivity index (χ3n) is 7.08. The lowest BCUT2D eigenvalue weighted by atomic mass is 9.95. The van der Waals surface area contributed by atoms with E-state index in [-0.39, 0.29) is 12.2 Å². The molecule has 0 amide bonds. The maximum absolute atomic E-state index is 14.0. The first-order valence-electron chi connectivity index (χ1n) is 13.0. The smallest absolute Gasteiger partial charge is 0.338 e. The van der Waals surface area contributed by atoms with Crippen LogP contribution in [0.3, 0.4) is 0 Å². The molecule has 1 aliphatic rings. The minimum Gasteiger partial charge on any atom is -0.463 e. The van der Waals surface area contributed by atoms with Crippen LogP contribution in [0.1, 0.15) is 42.4 Å². The van der Waals surface area contributed by atoms with Crippen LogP contribution in [0.15, 0.2) is 75.7 Å². The normalized spacial score (nSPS) is 15.2. The van der Waals surface area contributed by atoms with Crippen molar-refractivity contribution in [2.24, 2.45) is 4.99 Å². The molecule has 2 aromatic heterocycles. The number of allylic oxidation sites excluding steroid dienone is 1. The van der Waals surface area contributed by atoms with Gasteiger partial charge in [0.1, 0.15) is 0 Å². The molecule has 40 heavy (non-hydrogen) atoms. The van der Waals surface area contributed by atoms with E-state index in [1.165, 1.54) is 11.3 Å². The minimum absolute atomic E-state index is 0.198. The first-order valence-corrected chi connectivity index (χ1v) is 14.2. The SMILES string of the molecule is CCOC(=O)C1=C(C)N=c2sc(=Cc3cc(C)n(-c4ccc(Cl)cc4)c3C)c(=O)n2C1c1ccc(N(C)C)cc1. The largest absolute Gasteiger partial charge is 0.463 e. The highest BCUT2D eigenvalue weighted by Crippen LogP contribution is 2.31. The number of aryl methyl sites for hydroxylation is 1. The zero-order chi connectivity index (χ0) is 28.7. The molecular formula is C31H31ClN4O3S. The van der Waals surface area contributed by atoms with Crippen LogP contribution in [0.4, 0.5) is 5.69 Å². The molecule has 0 saturated heterocycles. The molecule has 0 aliphatic carbocycles. The lowest BCUT2D eigenvalue weighted by Gasteiger charge is -2.25. The van der Waals surface area contributed by atoms with E-state index in [2.05, 4.69) is 10.6 Å². The summed E-state index contributed by atoms with van der Waals surface area (Å²) in [6.07, 6.45) is 1.91. The number of esters is 1. The van der Waals surface area contributed by atoms with Gasteiger partial charge in [-0.2, -0.15) is 0 Å². The number of benzene rings is 2. The molecule has 1 atom stereocenters. The fourth-order valence-electron chi connectivity index (χ4n) is 5.12. The van der Waals surface area contributed by atoms with Crippen molar-refractivity contribution in [2.45, 2.75) is 33.7 Å². The van der Waals surface area contributed by atoms with Crippen LogP contribution < -0.4 is 19.8 Å². The van der Waals surface area contributed by atoms with E-state index in [0.29, 0.717) is 25.6 Å². The number of fused-ring (bicyclic) bond motifs is 1. The molecular weight excluding hydrogens is 544 g/mol. The quantitative estimate of drug-likeness (QED) is 0.306. The maximum atomic E-state index is 14.0. The molecule has 2 aromatic carbocycles. The van der Waals surface area contributed by atoms with Crippen LogP contribution in [0, 0.1) is 13.8 Å². The first-order chi connectivity index (χ1) is 19.1. The highest BCUT2D eigenvalue weighted by atomic mass is 35.5. The summed E-state index contributed by atoms with van der Waals surface area (Å²) in [5.41, 5.74) is 6.54. The highest BCUT2D eigenvalue weighted by Gasteiger charge is 2.33. The average Bonchev–Trinajstić information content (AvgIpc) is 3.38. The maximum Gasteiger partial charge on any atom is 0.338 e. The van der Waals surface area contributed by atoms with E-state index in [1.54, 1.807) is 18.4 Å². The van der Waals surface area contributed by atoms with Gasteiger partial charge in [0.25, 0.3) is 5.56 Å². The topological polar surface area (TPSA) is 68.8 Å². The zero-order valence-electron chi connectivity index (χ0n) is 23.4. The summed E-state index contributed by atoms with van der Waals surface area (Å²) in [5, 5.41) is 0.677. The van der Waals surface area contributed by atoms with E-state index < -0.39 is 12.0 Å². The van der Waals surface area contributed by atoms with Crippen molar-refractivity contribution < 1.29 is 9.53 Å². The molecule has 4 aromatic rings. The second-order valence-electron chi connectivity index (χ2n) is 9.93. The number of carbonyl (C=O) groups is 1. The van der Waals surface area contributed by atoms with Gasteiger partial charge in [-0.3, -0.25) is 9.36 Å². The summed E-state index contributed by atoms with van der Waals surface area (Å²) in [6, 6.07) is 17.0. The molecule has 0 spiro atoms. The first kappa shape index (κ1) is 27.7. The van der Waals surface area contributed by atoms with Crippen molar-refractivity contribution in [3.8, 4) is 5.69 Å². The van der Waals surface area contributed by atoms with E-state index in [0.717, 1.165) is 33.9 Å². The molecule has 206 valence electrons. The summed E-state index contributed by atoms with van der Waals surface area (Å²) in [6.45, 7) is 7.86. The third kappa shape index (κ3) is 4.93. The average molecular weight is 575 g/mol. The lowest BCUT2D eigenvalue weighted by Crippen LogP contribution is -2.40. The Morgan fingerprint density at radius 2 is 1.77 bits per heavy atom. The Bertz CT molecular complexity index is 1810. The van der Waals surface area contributed by atoms with Crippen LogP contribution in [0.2, 0.25) is 5.02 Å². The Kier molecular flexibility index (Phi) is 7.57. The molecule has 9 heteroatoms. The molecule has 3 heterocycles. The minimum atomic E-state index is -0.643. The van der Waals surface area contributed by atoms with Crippen LogP contribution in [-0.2, 0) is 9.53 Å². The molecule has 1 aliphatic heterocycles. The number of anilines is 1. The van der Waals surface area contributed by atoms with Gasteiger partial charge in [0, 0.05) is 41.9 Å². The van der Waals surface area contributed by atoms with Crippen LogP contribution in [0.25, 0.3) is 11.8 Å². The molecule has 0 saturated carbocycles. The number of hydrogen-bond donors (Lipinski definition) is 0. The second-order valence-corrected chi connectivity index (χ2v) is 11.4. The summed E-state index contributed by atoms with van der Waals surface area (Å²) in [5.74, 6) is -0.466. The lowest BCUT2D eigenvalue weighted by molar-refractivity contribution is -0.139. The van der Waals surface area contributed by atoms with E-state index in [4.69, 9.17) is 21.3 Å². The van der Waals surface area contributed by atoms with Crippen molar-refractivity contribution in [1.82, 2.24) is 9.13 Å². The molecule has 0 radical (unpaired) electrons. The predicted octanol–water partition coefficient (Wildman–Crippen LogP) is 4.93. The van der Waals surface area contributed by atoms with Gasteiger partial charge in [-0.1, -0.05) is 35.1 Å². The van der Waals surface area contributed by atoms with E-state index in [1.807, 2.05) is 87.4 Å². The summed E-state index contributed by atoms with van der Waals surface area (Å²) >= 11 is 7.42. The van der Waals surface area contributed by atoms with Crippen molar-refractivity contribution in [2.75, 3.05) is 25.6 Å². The predicted molar refractivity (Wildman–Crippen MR) is 161 cm³/mol. The van der Waals surface area contributed by atoms with E-state index in [9.17, 15) is 9.59 Å². The highest BCUT2D eigenvalue weighted by molar-refractivity contribution is 7.07. The number of nitrogens with zero attached hydrogens (tertiary/aromatic N) is 4. The van der Waals surface area contributed by atoms with Gasteiger partial charge in [0.15, 0.2) is 4.80 Å². The fourth-order valence-corrected chi connectivity index (χ4v) is 6.29. The molecule has 0 bridgehead atoms. The van der Waals surface area contributed by atoms with Crippen LogP contribution in [-0.4, -0.2) is 35.8 Å². The third-order valence-corrected chi connectivity index (χ3v) is 8.32. The van der Waals surface area contributed by atoms with E-state index >= 15 is 0 Å². The van der Waals surface area contributed by atoms with Gasteiger partial charge in [0.2, 0.25) is 0 Å². The van der Waals surface area contributed by atoms with Crippen molar-refractivity contribution in [3.05, 3.63) is 113 Å². The number of aromatic nitrogens is 2. The van der Waals surface area contributed by atoms with Crippen molar-refractivity contribution in [1.29, 1.82) is 0 Å².